The van der Waals surface area contributed by atoms with Crippen LogP contribution in [0.1, 0.15) is 26.3 Å². The standard InChI is InChI=1S/C24H14F9I2N3O2/c25-21(23(28,29)30,22(26,27)24(31,32)33)13-9-16(34)18(17(35)10-13)38-20(40)12-2-1-3-15(8-12)37-19(39)11-4-6-14(36)7-5-11/h1-10H,36H2,(H,37,39)(H,38,40). The molecule has 16 heteroatoms. The second kappa shape index (κ2) is 11.2. The van der Waals surface area contributed by atoms with E-state index in [1.807, 2.05) is 0 Å². The minimum absolute atomic E-state index is 0.0653. The van der Waals surface area contributed by atoms with Gasteiger partial charge < -0.3 is 16.4 Å². The van der Waals surface area contributed by atoms with Crippen LogP contribution >= 0.6 is 45.2 Å². The number of nitrogen functional groups attached to an aromatic ring is 1. The van der Waals surface area contributed by atoms with E-state index in [1.54, 1.807) is 0 Å². The molecule has 3 rings (SSSR count). The molecule has 1 unspecified atom stereocenters. The SMILES string of the molecule is Nc1ccc(C(=O)Nc2cccc(C(=O)Nc3c(I)cc(C(F)(C(F)(F)F)C(F)(F)C(F)(F)F)cc3I)c2)cc1. The van der Waals surface area contributed by atoms with Crippen LogP contribution in [0, 0.1) is 7.14 Å². The van der Waals surface area contributed by atoms with Crippen LogP contribution in [0.15, 0.2) is 60.7 Å². The maximum atomic E-state index is 14.9. The first-order chi connectivity index (χ1) is 18.3. The van der Waals surface area contributed by atoms with Crippen LogP contribution in [0.3, 0.4) is 0 Å². The Morgan fingerprint density at radius 3 is 1.70 bits per heavy atom. The van der Waals surface area contributed by atoms with Crippen molar-refractivity contribution in [2.45, 2.75) is 23.9 Å². The fourth-order valence-electron chi connectivity index (χ4n) is 3.37. The molecule has 0 fully saturated rings. The number of nitrogens with one attached hydrogen (secondary N) is 2. The Bertz CT molecular complexity index is 1420. The molecule has 3 aromatic rings. The zero-order valence-corrected chi connectivity index (χ0v) is 23.6. The van der Waals surface area contributed by atoms with Gasteiger partial charge in [0, 0.05) is 35.2 Å². The lowest BCUT2D eigenvalue weighted by Crippen LogP contribution is -2.59. The van der Waals surface area contributed by atoms with Gasteiger partial charge in [0.1, 0.15) is 0 Å². The average Bonchev–Trinajstić information content (AvgIpc) is 2.84. The molecule has 0 heterocycles. The van der Waals surface area contributed by atoms with Crippen LogP contribution < -0.4 is 16.4 Å². The molecule has 0 saturated heterocycles. The second-order valence-electron chi connectivity index (χ2n) is 8.15. The summed E-state index contributed by atoms with van der Waals surface area (Å²) < 4.78 is 120. The van der Waals surface area contributed by atoms with E-state index in [4.69, 9.17) is 5.73 Å². The number of carbonyl (C=O) groups is 2. The van der Waals surface area contributed by atoms with Gasteiger partial charge in [-0.05, 0) is 99.8 Å². The van der Waals surface area contributed by atoms with Gasteiger partial charge in [-0.3, -0.25) is 9.59 Å². The Morgan fingerprint density at radius 1 is 0.675 bits per heavy atom. The molecule has 5 nitrogen and oxygen atoms in total. The highest BCUT2D eigenvalue weighted by molar-refractivity contribution is 14.1. The van der Waals surface area contributed by atoms with E-state index < -0.39 is 48.5 Å². The maximum Gasteiger partial charge on any atom is 0.457 e. The molecule has 0 radical (unpaired) electrons. The van der Waals surface area contributed by atoms with Gasteiger partial charge >= 0.3 is 23.9 Å². The highest BCUT2D eigenvalue weighted by Crippen LogP contribution is 2.58. The molecule has 0 spiro atoms. The molecule has 0 aliphatic heterocycles. The van der Waals surface area contributed by atoms with Crippen molar-refractivity contribution in [3.05, 3.63) is 84.5 Å². The monoisotopic (exact) mass is 801 g/mol. The minimum Gasteiger partial charge on any atom is -0.399 e. The van der Waals surface area contributed by atoms with Crippen LogP contribution in [0.25, 0.3) is 0 Å². The number of carbonyl (C=O) groups excluding carboxylic acids is 2. The molecule has 2 amide bonds. The molecule has 40 heavy (non-hydrogen) atoms. The zero-order valence-electron chi connectivity index (χ0n) is 19.3. The van der Waals surface area contributed by atoms with Gasteiger partial charge in [0.25, 0.3) is 11.8 Å². The number of rotatable bonds is 6. The van der Waals surface area contributed by atoms with Gasteiger partial charge in [-0.1, -0.05) is 6.07 Å². The smallest absolute Gasteiger partial charge is 0.399 e. The number of halogens is 11. The quantitative estimate of drug-likeness (QED) is 0.135. The number of amides is 2. The third kappa shape index (κ3) is 6.10. The number of alkyl halides is 9. The van der Waals surface area contributed by atoms with E-state index in [0.29, 0.717) is 5.69 Å². The molecule has 0 saturated carbocycles. The van der Waals surface area contributed by atoms with E-state index in [9.17, 15) is 49.1 Å². The summed E-state index contributed by atoms with van der Waals surface area (Å²) in [5.41, 5.74) is -2.01. The number of anilines is 3. The van der Waals surface area contributed by atoms with Crippen molar-refractivity contribution >= 4 is 74.1 Å². The van der Waals surface area contributed by atoms with Gasteiger partial charge in [0.15, 0.2) is 0 Å². The van der Waals surface area contributed by atoms with Crippen molar-refractivity contribution in [2.75, 3.05) is 16.4 Å². The topological polar surface area (TPSA) is 84.2 Å². The van der Waals surface area contributed by atoms with Crippen LogP contribution in [0.2, 0.25) is 0 Å². The average molecular weight is 801 g/mol. The molecule has 1 atom stereocenters. The van der Waals surface area contributed by atoms with E-state index >= 15 is 0 Å². The van der Waals surface area contributed by atoms with Crippen molar-refractivity contribution < 1.29 is 49.1 Å². The minimum atomic E-state index is -6.87. The van der Waals surface area contributed by atoms with Crippen molar-refractivity contribution in [2.24, 2.45) is 0 Å². The van der Waals surface area contributed by atoms with Crippen LogP contribution in [-0.4, -0.2) is 30.1 Å². The van der Waals surface area contributed by atoms with E-state index in [-0.39, 0.29) is 34.6 Å². The van der Waals surface area contributed by atoms with Crippen molar-refractivity contribution in [3.8, 4) is 0 Å². The molecular weight excluding hydrogens is 787 g/mol. The highest BCUT2D eigenvalue weighted by atomic mass is 127. The largest absolute Gasteiger partial charge is 0.457 e. The number of benzene rings is 3. The molecule has 0 aliphatic carbocycles. The summed E-state index contributed by atoms with van der Waals surface area (Å²) >= 11 is 2.53. The number of hydrogen-bond acceptors (Lipinski definition) is 3. The molecule has 214 valence electrons. The molecule has 3 aromatic carbocycles. The van der Waals surface area contributed by atoms with Gasteiger partial charge in [-0.2, -0.15) is 35.1 Å². The Morgan fingerprint density at radius 2 is 1.20 bits per heavy atom. The van der Waals surface area contributed by atoms with Gasteiger partial charge in [0.05, 0.1) is 5.69 Å². The fourth-order valence-corrected chi connectivity index (χ4v) is 5.41. The summed E-state index contributed by atoms with van der Waals surface area (Å²) in [5, 5.41) is 4.86. The predicted molar refractivity (Wildman–Crippen MR) is 145 cm³/mol. The Kier molecular flexibility index (Phi) is 8.93. The normalized spacial score (nSPS) is 13.9. The van der Waals surface area contributed by atoms with Crippen LogP contribution in [-0.2, 0) is 5.67 Å². The van der Waals surface area contributed by atoms with E-state index in [2.05, 4.69) is 10.6 Å². The molecular formula is C24H14F9I2N3O2. The number of hydrogen-bond donors (Lipinski definition) is 3. The fraction of sp³-hybridized carbons (Fsp3) is 0.167. The molecule has 0 bridgehead atoms. The Labute approximate surface area is 247 Å². The lowest BCUT2D eigenvalue weighted by molar-refractivity contribution is -0.389. The third-order valence-corrected chi connectivity index (χ3v) is 7.11. The Balaban J connectivity index is 1.91. The lowest BCUT2D eigenvalue weighted by Gasteiger charge is -2.36. The van der Waals surface area contributed by atoms with Gasteiger partial charge in [0.2, 0.25) is 0 Å². The highest BCUT2D eigenvalue weighted by Gasteiger charge is 2.81. The third-order valence-electron chi connectivity index (χ3n) is 5.41. The summed E-state index contributed by atoms with van der Waals surface area (Å²) in [6, 6.07) is 11.6. The first kappa shape index (κ1) is 31.8. The zero-order chi connectivity index (χ0) is 30.3. The summed E-state index contributed by atoms with van der Waals surface area (Å²) in [5.74, 6) is -8.24. The lowest BCUT2D eigenvalue weighted by atomic mass is 9.87. The number of nitrogens with two attached hydrogens (primary N) is 1. The maximum absolute atomic E-state index is 14.9. The predicted octanol–water partition coefficient (Wildman–Crippen LogP) is 7.91. The summed E-state index contributed by atoms with van der Waals surface area (Å²) in [4.78, 5) is 25.2. The molecule has 4 N–H and O–H groups in total. The summed E-state index contributed by atoms with van der Waals surface area (Å²) in [6.45, 7) is 0. The first-order valence-electron chi connectivity index (χ1n) is 10.6. The van der Waals surface area contributed by atoms with Crippen LogP contribution in [0.4, 0.5) is 56.6 Å². The molecule has 0 aliphatic rings. The summed E-state index contributed by atoms with van der Waals surface area (Å²) in [7, 11) is 0. The van der Waals surface area contributed by atoms with Crippen molar-refractivity contribution in [1.82, 2.24) is 0 Å². The Hall–Kier alpha value is -2.77. The van der Waals surface area contributed by atoms with Gasteiger partial charge in [-0.15, -0.1) is 0 Å². The molecule has 0 aromatic heterocycles. The second-order valence-corrected chi connectivity index (χ2v) is 10.5. The van der Waals surface area contributed by atoms with Crippen molar-refractivity contribution in [1.29, 1.82) is 0 Å². The first-order valence-corrected chi connectivity index (χ1v) is 12.7. The van der Waals surface area contributed by atoms with Crippen molar-refractivity contribution in [3.63, 3.8) is 0 Å². The van der Waals surface area contributed by atoms with E-state index in [0.717, 1.165) is 0 Å². The summed E-state index contributed by atoms with van der Waals surface area (Å²) in [6.07, 6.45) is -13.5. The van der Waals surface area contributed by atoms with Gasteiger partial charge in [-0.25, -0.2) is 4.39 Å². The van der Waals surface area contributed by atoms with Crippen LogP contribution in [0.5, 0.6) is 0 Å². The van der Waals surface area contributed by atoms with E-state index in [1.165, 1.54) is 93.7 Å².